The van der Waals surface area contributed by atoms with Crippen molar-refractivity contribution < 1.29 is 14.7 Å². The number of rotatable bonds is 2. The lowest BCUT2D eigenvalue weighted by molar-refractivity contribution is -0.118. The Labute approximate surface area is 102 Å². The van der Waals surface area contributed by atoms with E-state index in [2.05, 4.69) is 10.3 Å². The molecule has 1 fully saturated rings. The minimum Gasteiger partial charge on any atom is -0.478 e. The van der Waals surface area contributed by atoms with Crippen LogP contribution in [0, 0.1) is 0 Å². The maximum absolute atomic E-state index is 11.2. The highest BCUT2D eigenvalue weighted by Crippen LogP contribution is 2.22. The Morgan fingerprint density at radius 3 is 2.53 bits per heavy atom. The lowest BCUT2D eigenvalue weighted by Gasteiger charge is -1.98. The molecular formula is C11H10N2O3S. The summed E-state index contributed by atoms with van der Waals surface area (Å²) in [7, 11) is 0. The Balaban J connectivity index is 2.17. The predicted octanol–water partition coefficient (Wildman–Crippen LogP) is 1.62. The van der Waals surface area contributed by atoms with Crippen molar-refractivity contribution in [2.45, 2.75) is 12.2 Å². The quantitative estimate of drug-likeness (QED) is 0.836. The van der Waals surface area contributed by atoms with Crippen molar-refractivity contribution in [2.24, 2.45) is 4.99 Å². The molecule has 0 radical (unpaired) electrons. The van der Waals surface area contributed by atoms with Gasteiger partial charge >= 0.3 is 5.97 Å². The van der Waals surface area contributed by atoms with Gasteiger partial charge in [0.05, 0.1) is 16.5 Å². The molecule has 5 nitrogen and oxygen atoms in total. The highest BCUT2D eigenvalue weighted by Gasteiger charge is 2.25. The van der Waals surface area contributed by atoms with Gasteiger partial charge in [-0.15, -0.1) is 0 Å². The second-order valence-electron chi connectivity index (χ2n) is 3.52. The molecular weight excluding hydrogens is 240 g/mol. The number of hydrogen-bond donors (Lipinski definition) is 2. The summed E-state index contributed by atoms with van der Waals surface area (Å²) in [5.41, 5.74) is 0.831. The Bertz CT molecular complexity index is 496. The van der Waals surface area contributed by atoms with Crippen molar-refractivity contribution in [3.05, 3.63) is 29.8 Å². The molecule has 0 spiro atoms. The summed E-state index contributed by atoms with van der Waals surface area (Å²) in [6.45, 7) is 1.80. The zero-order valence-electron chi connectivity index (χ0n) is 9.01. The number of carbonyl (C=O) groups is 2. The summed E-state index contributed by atoms with van der Waals surface area (Å²) in [5.74, 6) is -1.03. The molecule has 1 atom stereocenters. The highest BCUT2D eigenvalue weighted by atomic mass is 32.2. The molecule has 1 saturated heterocycles. The third-order valence-corrected chi connectivity index (χ3v) is 3.22. The molecule has 1 aliphatic heterocycles. The lowest BCUT2D eigenvalue weighted by Crippen LogP contribution is -2.23. The number of carboxylic acids is 1. The standard InChI is InChI=1S/C11H10N2O3S/c1-6-9(14)13-11(17-6)12-8-4-2-7(3-5-8)10(15)16/h2-6H,1H3,(H,15,16)(H,12,13,14). The van der Waals surface area contributed by atoms with E-state index in [0.717, 1.165) is 0 Å². The van der Waals surface area contributed by atoms with Crippen molar-refractivity contribution >= 4 is 34.5 Å². The molecule has 1 heterocycles. The lowest BCUT2D eigenvalue weighted by atomic mass is 10.2. The molecule has 0 saturated carbocycles. The van der Waals surface area contributed by atoms with Crippen LogP contribution >= 0.6 is 11.8 Å². The summed E-state index contributed by atoms with van der Waals surface area (Å²) in [6, 6.07) is 6.16. The SMILES string of the molecule is CC1SC(=Nc2ccc(C(=O)O)cc2)NC1=O. The maximum atomic E-state index is 11.2. The summed E-state index contributed by atoms with van der Waals surface area (Å²) >= 11 is 1.35. The molecule has 1 aromatic rings. The van der Waals surface area contributed by atoms with E-state index in [1.54, 1.807) is 19.1 Å². The van der Waals surface area contributed by atoms with Gasteiger partial charge in [-0.25, -0.2) is 9.79 Å². The van der Waals surface area contributed by atoms with Crippen LogP contribution in [-0.2, 0) is 4.79 Å². The van der Waals surface area contributed by atoms with E-state index in [0.29, 0.717) is 10.9 Å². The van der Waals surface area contributed by atoms with Crippen LogP contribution in [-0.4, -0.2) is 27.4 Å². The summed E-state index contributed by atoms with van der Waals surface area (Å²) in [4.78, 5) is 26.1. The first-order chi connectivity index (χ1) is 8.06. The molecule has 2 rings (SSSR count). The summed E-state index contributed by atoms with van der Waals surface area (Å²) in [5, 5.41) is 11.8. The number of amidine groups is 1. The topological polar surface area (TPSA) is 78.8 Å². The van der Waals surface area contributed by atoms with Crippen molar-refractivity contribution in [1.82, 2.24) is 5.32 Å². The second kappa shape index (κ2) is 4.58. The number of benzene rings is 1. The van der Waals surface area contributed by atoms with Gasteiger partial charge in [-0.1, -0.05) is 11.8 Å². The van der Waals surface area contributed by atoms with Gasteiger partial charge in [0, 0.05) is 0 Å². The molecule has 1 aliphatic rings. The van der Waals surface area contributed by atoms with E-state index in [1.165, 1.54) is 23.9 Å². The molecule has 88 valence electrons. The number of hydrogen-bond acceptors (Lipinski definition) is 4. The van der Waals surface area contributed by atoms with Gasteiger partial charge in [0.15, 0.2) is 5.17 Å². The van der Waals surface area contributed by atoms with Gasteiger partial charge in [0.25, 0.3) is 0 Å². The van der Waals surface area contributed by atoms with Crippen LogP contribution in [0.25, 0.3) is 0 Å². The fourth-order valence-corrected chi connectivity index (χ4v) is 2.13. The number of nitrogens with one attached hydrogen (secondary N) is 1. The molecule has 0 aliphatic carbocycles. The summed E-state index contributed by atoms with van der Waals surface area (Å²) in [6.07, 6.45) is 0. The number of nitrogens with zero attached hydrogens (tertiary/aromatic N) is 1. The van der Waals surface area contributed by atoms with Gasteiger partial charge in [-0.3, -0.25) is 4.79 Å². The molecule has 17 heavy (non-hydrogen) atoms. The van der Waals surface area contributed by atoms with Gasteiger partial charge in [-0.2, -0.15) is 0 Å². The number of carboxylic acid groups (broad SMARTS) is 1. The third-order valence-electron chi connectivity index (χ3n) is 2.23. The first-order valence-electron chi connectivity index (χ1n) is 4.96. The Hall–Kier alpha value is -1.82. The predicted molar refractivity (Wildman–Crippen MR) is 65.7 cm³/mol. The first-order valence-corrected chi connectivity index (χ1v) is 5.84. The van der Waals surface area contributed by atoms with Gasteiger partial charge < -0.3 is 10.4 Å². The van der Waals surface area contributed by atoms with E-state index < -0.39 is 5.97 Å². The fraction of sp³-hybridized carbons (Fsp3) is 0.182. The highest BCUT2D eigenvalue weighted by molar-refractivity contribution is 8.15. The van der Waals surface area contributed by atoms with Crippen molar-refractivity contribution in [3.8, 4) is 0 Å². The molecule has 1 aromatic carbocycles. The van der Waals surface area contributed by atoms with Crippen LogP contribution in [0.2, 0.25) is 0 Å². The summed E-state index contributed by atoms with van der Waals surface area (Å²) < 4.78 is 0. The zero-order chi connectivity index (χ0) is 12.4. The minimum absolute atomic E-state index is 0.0593. The maximum Gasteiger partial charge on any atom is 0.335 e. The van der Waals surface area contributed by atoms with Crippen LogP contribution in [0.5, 0.6) is 0 Å². The smallest absolute Gasteiger partial charge is 0.335 e. The van der Waals surface area contributed by atoms with Crippen LogP contribution in [0.4, 0.5) is 5.69 Å². The number of thioether (sulfide) groups is 1. The van der Waals surface area contributed by atoms with Crippen LogP contribution in [0.3, 0.4) is 0 Å². The van der Waals surface area contributed by atoms with Crippen LogP contribution in [0.1, 0.15) is 17.3 Å². The third kappa shape index (κ3) is 2.65. The van der Waals surface area contributed by atoms with Crippen molar-refractivity contribution in [2.75, 3.05) is 0 Å². The van der Waals surface area contributed by atoms with E-state index in [-0.39, 0.29) is 16.7 Å². The number of carbonyl (C=O) groups excluding carboxylic acids is 1. The van der Waals surface area contributed by atoms with E-state index >= 15 is 0 Å². The molecule has 6 heteroatoms. The van der Waals surface area contributed by atoms with E-state index in [9.17, 15) is 9.59 Å². The fourth-order valence-electron chi connectivity index (χ4n) is 1.31. The molecule has 2 N–H and O–H groups in total. The molecule has 0 bridgehead atoms. The Morgan fingerprint density at radius 2 is 2.06 bits per heavy atom. The van der Waals surface area contributed by atoms with Gasteiger partial charge in [-0.05, 0) is 31.2 Å². The molecule has 1 amide bonds. The largest absolute Gasteiger partial charge is 0.478 e. The van der Waals surface area contributed by atoms with Crippen molar-refractivity contribution in [1.29, 1.82) is 0 Å². The first kappa shape index (κ1) is 11.7. The van der Waals surface area contributed by atoms with Crippen LogP contribution < -0.4 is 5.32 Å². The minimum atomic E-state index is -0.971. The average Bonchev–Trinajstić information content (AvgIpc) is 2.58. The van der Waals surface area contributed by atoms with E-state index in [1.807, 2.05) is 0 Å². The van der Waals surface area contributed by atoms with Crippen molar-refractivity contribution in [3.63, 3.8) is 0 Å². The number of amides is 1. The number of aromatic carboxylic acids is 1. The molecule has 0 aromatic heterocycles. The van der Waals surface area contributed by atoms with E-state index in [4.69, 9.17) is 5.11 Å². The normalized spacial score (nSPS) is 21.6. The number of aliphatic imine (C=N–C) groups is 1. The zero-order valence-corrected chi connectivity index (χ0v) is 9.82. The van der Waals surface area contributed by atoms with Gasteiger partial charge in [0.2, 0.25) is 5.91 Å². The Kier molecular flexibility index (Phi) is 3.14. The monoisotopic (exact) mass is 250 g/mol. The van der Waals surface area contributed by atoms with Crippen LogP contribution in [0.15, 0.2) is 29.3 Å². The molecule has 1 unspecified atom stereocenters. The second-order valence-corrected chi connectivity index (χ2v) is 4.85. The Morgan fingerprint density at radius 1 is 1.41 bits per heavy atom. The van der Waals surface area contributed by atoms with Gasteiger partial charge in [0.1, 0.15) is 0 Å². The average molecular weight is 250 g/mol.